The van der Waals surface area contributed by atoms with Gasteiger partial charge in [0.1, 0.15) is 0 Å². The molecule has 4 amide bonds. The van der Waals surface area contributed by atoms with E-state index >= 15 is 0 Å². The van der Waals surface area contributed by atoms with Crippen molar-refractivity contribution >= 4 is 17.8 Å². The Morgan fingerprint density at radius 2 is 1.57 bits per heavy atom. The van der Waals surface area contributed by atoms with Gasteiger partial charge in [0.2, 0.25) is 11.8 Å². The van der Waals surface area contributed by atoms with Gasteiger partial charge in [0.25, 0.3) is 0 Å². The second kappa shape index (κ2) is 7.99. The molecule has 0 spiro atoms. The summed E-state index contributed by atoms with van der Waals surface area (Å²) in [5, 5.41) is 5.44. The molecular weight excluding hydrogens is 296 g/mol. The Bertz CT molecular complexity index is 464. The summed E-state index contributed by atoms with van der Waals surface area (Å²) in [6.07, 6.45) is 4.33. The van der Waals surface area contributed by atoms with Crippen LogP contribution in [0.4, 0.5) is 4.79 Å². The third-order valence-corrected chi connectivity index (χ3v) is 4.70. The van der Waals surface area contributed by atoms with E-state index in [-0.39, 0.29) is 29.8 Å². The molecule has 0 bridgehead atoms. The summed E-state index contributed by atoms with van der Waals surface area (Å²) < 4.78 is 0. The number of nitrogens with zero attached hydrogens (tertiary/aromatic N) is 2. The highest BCUT2D eigenvalue weighted by molar-refractivity contribution is 5.87. The fourth-order valence-corrected chi connectivity index (χ4v) is 3.24. The number of carbonyl (C=O) groups is 3. The zero-order valence-corrected chi connectivity index (χ0v) is 13.7. The Morgan fingerprint density at radius 1 is 1.00 bits per heavy atom. The average molecular weight is 322 g/mol. The molecule has 0 atom stereocenters. The Kier molecular flexibility index (Phi) is 6.01. The maximum atomic E-state index is 12.6. The Hall–Kier alpha value is -2.05. The minimum Gasteiger partial charge on any atom is -0.342 e. The maximum Gasteiger partial charge on any atom is 0.314 e. The van der Waals surface area contributed by atoms with E-state index in [1.165, 1.54) is 6.08 Å². The van der Waals surface area contributed by atoms with E-state index in [0.29, 0.717) is 26.2 Å². The van der Waals surface area contributed by atoms with E-state index in [9.17, 15) is 14.4 Å². The van der Waals surface area contributed by atoms with Gasteiger partial charge in [0.05, 0.1) is 0 Å². The molecular formula is C16H26N4O3. The van der Waals surface area contributed by atoms with Crippen LogP contribution in [0.2, 0.25) is 0 Å². The van der Waals surface area contributed by atoms with Gasteiger partial charge >= 0.3 is 6.03 Å². The van der Waals surface area contributed by atoms with Gasteiger partial charge in [-0.3, -0.25) is 9.59 Å². The first kappa shape index (κ1) is 17.3. The van der Waals surface area contributed by atoms with Crippen molar-refractivity contribution in [3.63, 3.8) is 0 Å². The second-order valence-corrected chi connectivity index (χ2v) is 6.13. The SMILES string of the molecule is C=CC(=O)N1CCC(C(=O)N2CCC(NC(=O)NC)CC2)CC1. The van der Waals surface area contributed by atoms with Gasteiger partial charge in [0, 0.05) is 45.2 Å². The third kappa shape index (κ3) is 4.46. The number of likely N-dealkylation sites (tertiary alicyclic amines) is 2. The number of hydrogen-bond acceptors (Lipinski definition) is 3. The molecule has 0 saturated carbocycles. The van der Waals surface area contributed by atoms with Crippen LogP contribution in [0.25, 0.3) is 0 Å². The molecule has 7 nitrogen and oxygen atoms in total. The molecule has 0 aromatic rings. The molecule has 2 aliphatic rings. The van der Waals surface area contributed by atoms with Crippen molar-refractivity contribution < 1.29 is 14.4 Å². The summed E-state index contributed by atoms with van der Waals surface area (Å²) in [4.78, 5) is 39.1. The molecule has 0 aliphatic carbocycles. The van der Waals surface area contributed by atoms with Gasteiger partial charge in [-0.05, 0) is 31.8 Å². The highest BCUT2D eigenvalue weighted by Gasteiger charge is 2.31. The maximum absolute atomic E-state index is 12.6. The molecule has 2 N–H and O–H groups in total. The number of piperidine rings is 2. The lowest BCUT2D eigenvalue weighted by molar-refractivity contribution is -0.140. The number of urea groups is 1. The van der Waals surface area contributed by atoms with E-state index in [2.05, 4.69) is 17.2 Å². The van der Waals surface area contributed by atoms with Crippen molar-refractivity contribution in [2.45, 2.75) is 31.7 Å². The molecule has 2 rings (SSSR count). The normalized spacial score (nSPS) is 20.0. The second-order valence-electron chi connectivity index (χ2n) is 6.13. The number of hydrogen-bond donors (Lipinski definition) is 2. The van der Waals surface area contributed by atoms with Crippen molar-refractivity contribution in [2.75, 3.05) is 33.2 Å². The molecule has 2 aliphatic heterocycles. The van der Waals surface area contributed by atoms with Gasteiger partial charge < -0.3 is 20.4 Å². The van der Waals surface area contributed by atoms with Gasteiger partial charge in [0.15, 0.2) is 0 Å². The van der Waals surface area contributed by atoms with Crippen LogP contribution in [-0.4, -0.2) is 66.9 Å². The van der Waals surface area contributed by atoms with E-state index in [1.54, 1.807) is 11.9 Å². The first-order chi connectivity index (χ1) is 11.0. The summed E-state index contributed by atoms with van der Waals surface area (Å²) in [5.41, 5.74) is 0. The third-order valence-electron chi connectivity index (χ3n) is 4.70. The van der Waals surface area contributed by atoms with Crippen molar-refractivity contribution in [2.24, 2.45) is 5.92 Å². The highest BCUT2D eigenvalue weighted by Crippen LogP contribution is 2.22. The van der Waals surface area contributed by atoms with Crippen LogP contribution in [0.3, 0.4) is 0 Å². The van der Waals surface area contributed by atoms with Crippen molar-refractivity contribution in [1.29, 1.82) is 0 Å². The van der Waals surface area contributed by atoms with Gasteiger partial charge in [-0.2, -0.15) is 0 Å². The summed E-state index contributed by atoms with van der Waals surface area (Å²) in [6.45, 7) is 6.10. The molecule has 0 unspecified atom stereocenters. The topological polar surface area (TPSA) is 81.8 Å². The lowest BCUT2D eigenvalue weighted by Gasteiger charge is -2.37. The zero-order valence-electron chi connectivity index (χ0n) is 13.7. The van der Waals surface area contributed by atoms with Crippen molar-refractivity contribution in [3.8, 4) is 0 Å². The van der Waals surface area contributed by atoms with Gasteiger partial charge in [-0.25, -0.2) is 4.79 Å². The number of carbonyl (C=O) groups excluding carboxylic acids is 3. The molecule has 0 radical (unpaired) electrons. The number of nitrogens with one attached hydrogen (secondary N) is 2. The molecule has 2 fully saturated rings. The van der Waals surface area contributed by atoms with Crippen LogP contribution >= 0.6 is 0 Å². The lowest BCUT2D eigenvalue weighted by Crippen LogP contribution is -2.50. The average Bonchev–Trinajstić information content (AvgIpc) is 2.61. The molecule has 128 valence electrons. The standard InChI is InChI=1S/C16H26N4O3/c1-3-14(21)19-8-4-12(5-9-19)15(22)20-10-6-13(7-11-20)18-16(23)17-2/h3,12-13H,1,4-11H2,2H3,(H2,17,18,23). The van der Waals surface area contributed by atoms with Crippen LogP contribution in [0.15, 0.2) is 12.7 Å². The van der Waals surface area contributed by atoms with E-state index in [0.717, 1.165) is 25.7 Å². The van der Waals surface area contributed by atoms with E-state index in [1.807, 2.05) is 4.90 Å². The first-order valence-corrected chi connectivity index (χ1v) is 8.23. The molecule has 23 heavy (non-hydrogen) atoms. The minimum absolute atomic E-state index is 0.00677. The predicted octanol–water partition coefficient (Wildman–Crippen LogP) is 0.331. The van der Waals surface area contributed by atoms with Crippen LogP contribution in [0.5, 0.6) is 0 Å². The quantitative estimate of drug-likeness (QED) is 0.735. The summed E-state index contributed by atoms with van der Waals surface area (Å²) in [6, 6.07) is -0.0416. The fourth-order valence-electron chi connectivity index (χ4n) is 3.24. The molecule has 2 heterocycles. The van der Waals surface area contributed by atoms with Gasteiger partial charge in [-0.15, -0.1) is 0 Å². The largest absolute Gasteiger partial charge is 0.342 e. The minimum atomic E-state index is -0.172. The Balaban J connectivity index is 1.76. The summed E-state index contributed by atoms with van der Waals surface area (Å²) in [7, 11) is 1.59. The molecule has 0 aromatic heterocycles. The molecule has 0 aromatic carbocycles. The van der Waals surface area contributed by atoms with Crippen molar-refractivity contribution in [1.82, 2.24) is 20.4 Å². The fraction of sp³-hybridized carbons (Fsp3) is 0.688. The monoisotopic (exact) mass is 322 g/mol. The predicted molar refractivity (Wildman–Crippen MR) is 86.7 cm³/mol. The number of amides is 4. The first-order valence-electron chi connectivity index (χ1n) is 8.23. The molecule has 7 heteroatoms. The van der Waals surface area contributed by atoms with Gasteiger partial charge in [-0.1, -0.05) is 6.58 Å². The van der Waals surface area contributed by atoms with E-state index in [4.69, 9.17) is 0 Å². The van der Waals surface area contributed by atoms with Crippen LogP contribution in [-0.2, 0) is 9.59 Å². The Labute approximate surface area is 137 Å². The smallest absolute Gasteiger partial charge is 0.314 e. The van der Waals surface area contributed by atoms with Crippen molar-refractivity contribution in [3.05, 3.63) is 12.7 Å². The number of rotatable bonds is 3. The van der Waals surface area contributed by atoms with Crippen LogP contribution in [0.1, 0.15) is 25.7 Å². The summed E-state index contributed by atoms with van der Waals surface area (Å²) in [5.74, 6) is 0.137. The Morgan fingerprint density at radius 3 is 2.09 bits per heavy atom. The van der Waals surface area contributed by atoms with E-state index < -0.39 is 0 Å². The van der Waals surface area contributed by atoms with Crippen LogP contribution < -0.4 is 10.6 Å². The van der Waals surface area contributed by atoms with Crippen LogP contribution in [0, 0.1) is 5.92 Å². The highest BCUT2D eigenvalue weighted by atomic mass is 16.2. The lowest BCUT2D eigenvalue weighted by atomic mass is 9.93. The molecule has 2 saturated heterocycles. The summed E-state index contributed by atoms with van der Waals surface area (Å²) >= 11 is 0. The zero-order chi connectivity index (χ0) is 16.8.